The molecule has 0 unspecified atom stereocenters. The van der Waals surface area contributed by atoms with Crippen LogP contribution in [0.25, 0.3) is 11.1 Å². The van der Waals surface area contributed by atoms with Crippen LogP contribution in [-0.2, 0) is 25.6 Å². The van der Waals surface area contributed by atoms with Crippen LogP contribution in [0.15, 0.2) is 48.5 Å². The van der Waals surface area contributed by atoms with Gasteiger partial charge in [0.1, 0.15) is 18.2 Å². The molecule has 0 aliphatic heterocycles. The molecule has 37 heavy (non-hydrogen) atoms. The van der Waals surface area contributed by atoms with Crippen molar-refractivity contribution in [2.75, 3.05) is 13.7 Å². The first-order valence-corrected chi connectivity index (χ1v) is 11.4. The first-order valence-electron chi connectivity index (χ1n) is 11.4. The summed E-state index contributed by atoms with van der Waals surface area (Å²) in [7, 11) is 1.17. The van der Waals surface area contributed by atoms with Crippen molar-refractivity contribution in [2.24, 2.45) is 0 Å². The summed E-state index contributed by atoms with van der Waals surface area (Å²) in [5, 5.41) is 5.09. The summed E-state index contributed by atoms with van der Waals surface area (Å²) in [5.41, 5.74) is 1.67. The van der Waals surface area contributed by atoms with Crippen LogP contribution < -0.4 is 10.6 Å². The van der Waals surface area contributed by atoms with Crippen LogP contribution in [0.1, 0.15) is 43.6 Å². The van der Waals surface area contributed by atoms with Gasteiger partial charge in [0, 0.05) is 5.56 Å². The molecule has 2 atom stereocenters. The fourth-order valence-corrected chi connectivity index (χ4v) is 3.21. The number of hydrogen-bond donors (Lipinski definition) is 2. The number of methoxy groups -OCH3 is 1. The number of alkyl halides is 3. The minimum Gasteiger partial charge on any atom is -0.467 e. The molecule has 2 aromatic carbocycles. The number of esters is 1. The quantitative estimate of drug-likeness (QED) is 0.464. The zero-order chi connectivity index (χ0) is 27.8. The molecular formula is C26H31F3N2O6. The standard InChI is InChI=1S/C26H31F3N2O6/c1-16(30-24(34)37-25(2,3)4)21(23(33)35-5)31-22(32)20-12-10-19(11-13-20)18-8-6-17(7-9-18)14-36-15-26(27,28)29/h6-13,16,21H,14-15H2,1-5H3,(H,30,34)(H,31,32)/t16-,21+/m1/s1. The summed E-state index contributed by atoms with van der Waals surface area (Å²) >= 11 is 0. The third-order valence-corrected chi connectivity index (χ3v) is 4.95. The molecule has 0 aromatic heterocycles. The summed E-state index contributed by atoms with van der Waals surface area (Å²) in [6, 6.07) is 11.3. The fraction of sp³-hybridized carbons (Fsp3) is 0.423. The van der Waals surface area contributed by atoms with Gasteiger partial charge in [0.05, 0.1) is 19.8 Å². The van der Waals surface area contributed by atoms with E-state index < -0.39 is 48.4 Å². The van der Waals surface area contributed by atoms with Crippen molar-refractivity contribution < 1.29 is 41.8 Å². The maximum absolute atomic E-state index is 12.8. The van der Waals surface area contributed by atoms with E-state index in [-0.39, 0.29) is 12.2 Å². The zero-order valence-electron chi connectivity index (χ0n) is 21.3. The summed E-state index contributed by atoms with van der Waals surface area (Å²) in [5.74, 6) is -1.30. The average molecular weight is 525 g/mol. The van der Waals surface area contributed by atoms with E-state index in [1.807, 2.05) is 0 Å². The monoisotopic (exact) mass is 524 g/mol. The molecule has 0 saturated carbocycles. The SMILES string of the molecule is COC(=O)[C@@H](NC(=O)c1ccc(-c2ccc(COCC(F)(F)F)cc2)cc1)[C@@H](C)NC(=O)OC(C)(C)C. The molecule has 0 aliphatic rings. The molecule has 202 valence electrons. The minimum atomic E-state index is -4.38. The van der Waals surface area contributed by atoms with Crippen molar-refractivity contribution in [3.05, 3.63) is 59.7 Å². The number of ether oxygens (including phenoxy) is 3. The molecule has 8 nitrogen and oxygen atoms in total. The minimum absolute atomic E-state index is 0.165. The van der Waals surface area contributed by atoms with Gasteiger partial charge in [-0.05, 0) is 56.5 Å². The summed E-state index contributed by atoms with van der Waals surface area (Å²) in [6.45, 7) is 5.14. The van der Waals surface area contributed by atoms with Gasteiger partial charge in [-0.1, -0.05) is 36.4 Å². The number of carbonyl (C=O) groups excluding carboxylic acids is 3. The highest BCUT2D eigenvalue weighted by atomic mass is 19.4. The van der Waals surface area contributed by atoms with Gasteiger partial charge in [0.25, 0.3) is 5.91 Å². The van der Waals surface area contributed by atoms with Crippen LogP contribution >= 0.6 is 0 Å². The molecule has 0 bridgehead atoms. The predicted octanol–water partition coefficient (Wildman–Crippen LogP) is 4.62. The van der Waals surface area contributed by atoms with Crippen LogP contribution in [0, 0.1) is 0 Å². The smallest absolute Gasteiger partial charge is 0.411 e. The largest absolute Gasteiger partial charge is 0.467 e. The van der Waals surface area contributed by atoms with E-state index in [1.54, 1.807) is 69.3 Å². The van der Waals surface area contributed by atoms with E-state index >= 15 is 0 Å². The Morgan fingerprint density at radius 1 is 0.892 bits per heavy atom. The highest BCUT2D eigenvalue weighted by Crippen LogP contribution is 2.22. The van der Waals surface area contributed by atoms with Crippen LogP contribution in [-0.4, -0.2) is 55.5 Å². The Kier molecular flexibility index (Phi) is 10.1. The summed E-state index contributed by atoms with van der Waals surface area (Å²) < 4.78 is 51.2. The van der Waals surface area contributed by atoms with Gasteiger partial charge >= 0.3 is 18.2 Å². The highest BCUT2D eigenvalue weighted by molar-refractivity contribution is 5.97. The molecule has 2 aromatic rings. The van der Waals surface area contributed by atoms with Crippen LogP contribution in [0.3, 0.4) is 0 Å². The van der Waals surface area contributed by atoms with Gasteiger partial charge in [0.2, 0.25) is 0 Å². The van der Waals surface area contributed by atoms with E-state index in [2.05, 4.69) is 15.4 Å². The summed E-state index contributed by atoms with van der Waals surface area (Å²) in [4.78, 5) is 37.2. The van der Waals surface area contributed by atoms with Crippen molar-refractivity contribution in [1.29, 1.82) is 0 Å². The second kappa shape index (κ2) is 12.6. The van der Waals surface area contributed by atoms with Crippen molar-refractivity contribution >= 4 is 18.0 Å². The number of halogens is 3. The Bertz CT molecular complexity index is 1060. The van der Waals surface area contributed by atoms with Gasteiger partial charge < -0.3 is 24.8 Å². The fourth-order valence-electron chi connectivity index (χ4n) is 3.21. The van der Waals surface area contributed by atoms with Crippen molar-refractivity contribution in [3.8, 4) is 11.1 Å². The van der Waals surface area contributed by atoms with Crippen LogP contribution in [0.4, 0.5) is 18.0 Å². The topological polar surface area (TPSA) is 103 Å². The molecule has 0 spiro atoms. The number of carbonyl (C=O) groups is 3. The Labute approximate surface area is 213 Å². The molecule has 2 rings (SSSR count). The molecule has 0 saturated heterocycles. The van der Waals surface area contributed by atoms with Crippen molar-refractivity contribution in [2.45, 2.75) is 58.2 Å². The number of amides is 2. The van der Waals surface area contributed by atoms with Gasteiger partial charge in [0.15, 0.2) is 0 Å². The predicted molar refractivity (Wildman–Crippen MR) is 130 cm³/mol. The maximum atomic E-state index is 12.8. The lowest BCUT2D eigenvalue weighted by molar-refractivity contribution is -0.176. The van der Waals surface area contributed by atoms with Gasteiger partial charge in [-0.3, -0.25) is 4.79 Å². The molecule has 0 aliphatic carbocycles. The molecule has 2 N–H and O–H groups in total. The maximum Gasteiger partial charge on any atom is 0.411 e. The number of hydrogen-bond acceptors (Lipinski definition) is 6. The van der Waals surface area contributed by atoms with Gasteiger partial charge in [-0.25, -0.2) is 9.59 Å². The Morgan fingerprint density at radius 2 is 1.43 bits per heavy atom. The Hall–Kier alpha value is -3.60. The van der Waals surface area contributed by atoms with E-state index in [4.69, 9.17) is 9.47 Å². The molecule has 2 amide bonds. The third kappa shape index (κ3) is 10.1. The first kappa shape index (κ1) is 29.6. The van der Waals surface area contributed by atoms with Gasteiger partial charge in [-0.15, -0.1) is 0 Å². The molecule has 0 radical (unpaired) electrons. The van der Waals surface area contributed by atoms with Crippen LogP contribution in [0.2, 0.25) is 0 Å². The number of rotatable bonds is 9. The third-order valence-electron chi connectivity index (χ3n) is 4.95. The molecular weight excluding hydrogens is 493 g/mol. The second-order valence-electron chi connectivity index (χ2n) is 9.29. The highest BCUT2D eigenvalue weighted by Gasteiger charge is 2.31. The van der Waals surface area contributed by atoms with E-state index in [9.17, 15) is 27.6 Å². The lowest BCUT2D eigenvalue weighted by Crippen LogP contribution is -2.55. The number of alkyl carbamates (subject to hydrolysis) is 1. The van der Waals surface area contributed by atoms with Crippen molar-refractivity contribution in [1.82, 2.24) is 10.6 Å². The first-order chi connectivity index (χ1) is 17.2. The molecule has 11 heteroatoms. The van der Waals surface area contributed by atoms with E-state index in [0.717, 1.165) is 11.1 Å². The Balaban J connectivity index is 2.03. The van der Waals surface area contributed by atoms with Crippen LogP contribution in [0.5, 0.6) is 0 Å². The Morgan fingerprint density at radius 3 is 1.92 bits per heavy atom. The average Bonchev–Trinajstić information content (AvgIpc) is 2.80. The lowest BCUT2D eigenvalue weighted by Gasteiger charge is -2.26. The summed E-state index contributed by atoms with van der Waals surface area (Å²) in [6.07, 6.45) is -5.12. The number of nitrogens with one attached hydrogen (secondary N) is 2. The molecule has 0 fully saturated rings. The molecule has 0 heterocycles. The van der Waals surface area contributed by atoms with E-state index in [0.29, 0.717) is 5.56 Å². The second-order valence-corrected chi connectivity index (χ2v) is 9.29. The normalized spacial score (nSPS) is 13.3. The lowest BCUT2D eigenvalue weighted by atomic mass is 10.0. The van der Waals surface area contributed by atoms with Crippen molar-refractivity contribution in [3.63, 3.8) is 0 Å². The van der Waals surface area contributed by atoms with Gasteiger partial charge in [-0.2, -0.15) is 13.2 Å². The zero-order valence-corrected chi connectivity index (χ0v) is 21.3. The van der Waals surface area contributed by atoms with E-state index in [1.165, 1.54) is 14.0 Å². The number of benzene rings is 2.